The van der Waals surface area contributed by atoms with Gasteiger partial charge in [-0.15, -0.1) is 0 Å². The number of aryl methyl sites for hydroxylation is 1. The van der Waals surface area contributed by atoms with E-state index in [1.807, 2.05) is 13.0 Å². The average Bonchev–Trinajstić information content (AvgIpc) is 2.41. The van der Waals surface area contributed by atoms with Gasteiger partial charge in [-0.3, -0.25) is 4.90 Å². The van der Waals surface area contributed by atoms with Crippen molar-refractivity contribution in [2.24, 2.45) is 0 Å². The van der Waals surface area contributed by atoms with E-state index in [0.717, 1.165) is 50.1 Å². The predicted octanol–water partition coefficient (Wildman–Crippen LogP) is 2.45. The molecule has 0 radical (unpaired) electrons. The van der Waals surface area contributed by atoms with Gasteiger partial charge in [-0.2, -0.15) is 0 Å². The molecule has 1 saturated heterocycles. The first-order valence-corrected chi connectivity index (χ1v) is 6.97. The minimum Gasteiger partial charge on any atom is -0.507 e. The van der Waals surface area contributed by atoms with Crippen molar-refractivity contribution in [3.63, 3.8) is 0 Å². The molecule has 1 fully saturated rings. The molecule has 1 aromatic carbocycles. The summed E-state index contributed by atoms with van der Waals surface area (Å²) in [5, 5.41) is 13.7. The van der Waals surface area contributed by atoms with Gasteiger partial charge in [-0.1, -0.05) is 31.5 Å². The molecule has 0 aromatic heterocycles. The van der Waals surface area contributed by atoms with Crippen LogP contribution in [0.5, 0.6) is 5.75 Å². The molecule has 3 nitrogen and oxygen atoms in total. The lowest BCUT2D eigenvalue weighted by Gasteiger charge is -2.35. The number of phenols is 1. The van der Waals surface area contributed by atoms with Gasteiger partial charge in [0.15, 0.2) is 0 Å². The maximum absolute atomic E-state index is 10.3. The minimum absolute atomic E-state index is 0.358. The molecule has 0 spiro atoms. The molecule has 1 atom stereocenters. The van der Waals surface area contributed by atoms with Crippen molar-refractivity contribution in [3.8, 4) is 5.75 Å². The molecule has 0 amide bonds. The van der Waals surface area contributed by atoms with Crippen LogP contribution < -0.4 is 5.32 Å². The van der Waals surface area contributed by atoms with E-state index in [-0.39, 0.29) is 0 Å². The van der Waals surface area contributed by atoms with E-state index in [4.69, 9.17) is 0 Å². The number of nitrogens with zero attached hydrogens (tertiary/aromatic N) is 1. The topological polar surface area (TPSA) is 35.5 Å². The van der Waals surface area contributed by atoms with Crippen molar-refractivity contribution in [3.05, 3.63) is 29.3 Å². The Morgan fingerprint density at radius 2 is 2.06 bits per heavy atom. The summed E-state index contributed by atoms with van der Waals surface area (Å²) in [4.78, 5) is 2.49. The zero-order valence-electron chi connectivity index (χ0n) is 11.4. The standard InChI is InChI=1S/C15H24N2O/c1-3-5-14(17-10-8-16-9-11-17)13-7-4-6-12(2)15(13)18/h4,6-7,14,16,18H,3,5,8-11H2,1-2H3/t14-/m0/s1. The summed E-state index contributed by atoms with van der Waals surface area (Å²) in [6.45, 7) is 8.41. The van der Waals surface area contributed by atoms with Gasteiger partial charge in [0.25, 0.3) is 0 Å². The number of rotatable bonds is 4. The van der Waals surface area contributed by atoms with E-state index in [9.17, 15) is 5.11 Å². The highest BCUT2D eigenvalue weighted by Gasteiger charge is 2.23. The Kier molecular flexibility index (Phi) is 4.61. The third-order valence-corrected chi connectivity index (χ3v) is 3.78. The summed E-state index contributed by atoms with van der Waals surface area (Å²) in [6.07, 6.45) is 2.25. The second-order valence-corrected chi connectivity index (χ2v) is 5.10. The molecule has 2 rings (SSSR count). The van der Waals surface area contributed by atoms with Crippen molar-refractivity contribution in [1.29, 1.82) is 0 Å². The average molecular weight is 248 g/mol. The lowest BCUT2D eigenvalue weighted by molar-refractivity contribution is 0.162. The Morgan fingerprint density at radius 1 is 1.33 bits per heavy atom. The second-order valence-electron chi connectivity index (χ2n) is 5.10. The van der Waals surface area contributed by atoms with Crippen LogP contribution in [-0.2, 0) is 0 Å². The van der Waals surface area contributed by atoms with Crippen LogP contribution in [0.3, 0.4) is 0 Å². The molecule has 0 aliphatic carbocycles. The van der Waals surface area contributed by atoms with Gasteiger partial charge in [0.2, 0.25) is 0 Å². The highest BCUT2D eigenvalue weighted by Crippen LogP contribution is 2.34. The number of phenolic OH excluding ortho intramolecular Hbond substituents is 1. The number of nitrogens with one attached hydrogen (secondary N) is 1. The molecule has 2 N–H and O–H groups in total. The van der Waals surface area contributed by atoms with E-state index < -0.39 is 0 Å². The molecule has 1 aliphatic heterocycles. The van der Waals surface area contributed by atoms with Crippen LogP contribution in [0.15, 0.2) is 18.2 Å². The summed E-state index contributed by atoms with van der Waals surface area (Å²) in [5.74, 6) is 0.481. The third kappa shape index (κ3) is 2.85. The molecule has 3 heteroatoms. The maximum Gasteiger partial charge on any atom is 0.123 e. The van der Waals surface area contributed by atoms with Gasteiger partial charge >= 0.3 is 0 Å². The smallest absolute Gasteiger partial charge is 0.123 e. The number of piperazine rings is 1. The fourth-order valence-electron chi connectivity index (χ4n) is 2.75. The summed E-state index contributed by atoms with van der Waals surface area (Å²) in [7, 11) is 0. The van der Waals surface area contributed by atoms with Crippen molar-refractivity contribution in [2.75, 3.05) is 26.2 Å². The largest absolute Gasteiger partial charge is 0.507 e. The Morgan fingerprint density at radius 3 is 2.72 bits per heavy atom. The second kappa shape index (κ2) is 6.21. The Labute approximate surface area is 110 Å². The van der Waals surface area contributed by atoms with Crippen molar-refractivity contribution in [2.45, 2.75) is 32.7 Å². The first-order valence-electron chi connectivity index (χ1n) is 6.97. The van der Waals surface area contributed by atoms with E-state index in [1.165, 1.54) is 0 Å². The van der Waals surface area contributed by atoms with Gasteiger partial charge in [0.05, 0.1) is 0 Å². The molecule has 1 aromatic rings. The van der Waals surface area contributed by atoms with E-state index in [2.05, 4.69) is 29.3 Å². The lowest BCUT2D eigenvalue weighted by Crippen LogP contribution is -2.45. The highest BCUT2D eigenvalue weighted by molar-refractivity contribution is 5.41. The van der Waals surface area contributed by atoms with Gasteiger partial charge in [-0.05, 0) is 18.9 Å². The maximum atomic E-state index is 10.3. The Bertz CT molecular complexity index is 386. The summed E-state index contributed by atoms with van der Waals surface area (Å²) < 4.78 is 0. The molecule has 0 unspecified atom stereocenters. The zero-order chi connectivity index (χ0) is 13.0. The van der Waals surface area contributed by atoms with Crippen LogP contribution in [0.25, 0.3) is 0 Å². The number of para-hydroxylation sites is 1. The third-order valence-electron chi connectivity index (χ3n) is 3.78. The fraction of sp³-hybridized carbons (Fsp3) is 0.600. The fourth-order valence-corrected chi connectivity index (χ4v) is 2.75. The monoisotopic (exact) mass is 248 g/mol. The number of aromatic hydroxyl groups is 1. The molecule has 0 saturated carbocycles. The van der Waals surface area contributed by atoms with Gasteiger partial charge in [0.1, 0.15) is 5.75 Å². The van der Waals surface area contributed by atoms with Crippen LogP contribution in [0.4, 0.5) is 0 Å². The van der Waals surface area contributed by atoms with Crippen molar-refractivity contribution >= 4 is 0 Å². The normalized spacial score (nSPS) is 18.8. The zero-order valence-corrected chi connectivity index (χ0v) is 11.4. The molecule has 0 bridgehead atoms. The summed E-state index contributed by atoms with van der Waals surface area (Å²) >= 11 is 0. The van der Waals surface area contributed by atoms with E-state index >= 15 is 0 Å². The number of benzene rings is 1. The predicted molar refractivity (Wildman–Crippen MR) is 74.9 cm³/mol. The van der Waals surface area contributed by atoms with Crippen LogP contribution in [0.1, 0.15) is 36.9 Å². The van der Waals surface area contributed by atoms with Crippen molar-refractivity contribution in [1.82, 2.24) is 10.2 Å². The highest BCUT2D eigenvalue weighted by atomic mass is 16.3. The van der Waals surface area contributed by atoms with Crippen LogP contribution in [-0.4, -0.2) is 36.2 Å². The van der Waals surface area contributed by atoms with Crippen LogP contribution >= 0.6 is 0 Å². The van der Waals surface area contributed by atoms with Gasteiger partial charge in [-0.25, -0.2) is 0 Å². The number of hydrogen-bond acceptors (Lipinski definition) is 3. The number of hydrogen-bond donors (Lipinski definition) is 2. The Hall–Kier alpha value is -1.06. The van der Waals surface area contributed by atoms with E-state index in [0.29, 0.717) is 11.8 Å². The molecule has 18 heavy (non-hydrogen) atoms. The molecule has 1 heterocycles. The first-order chi connectivity index (χ1) is 8.74. The summed E-state index contributed by atoms with van der Waals surface area (Å²) in [6, 6.07) is 6.46. The lowest BCUT2D eigenvalue weighted by atomic mass is 9.97. The summed E-state index contributed by atoms with van der Waals surface area (Å²) in [5.41, 5.74) is 2.07. The Balaban J connectivity index is 2.25. The van der Waals surface area contributed by atoms with Gasteiger partial charge in [0, 0.05) is 37.8 Å². The van der Waals surface area contributed by atoms with Gasteiger partial charge < -0.3 is 10.4 Å². The SMILES string of the molecule is CCC[C@@H](c1cccc(C)c1O)N1CCNCC1. The quantitative estimate of drug-likeness (QED) is 0.859. The van der Waals surface area contributed by atoms with Crippen molar-refractivity contribution < 1.29 is 5.11 Å². The molecule has 100 valence electrons. The van der Waals surface area contributed by atoms with Crippen LogP contribution in [0, 0.1) is 6.92 Å². The van der Waals surface area contributed by atoms with E-state index in [1.54, 1.807) is 0 Å². The first kappa shape index (κ1) is 13.4. The molecule has 1 aliphatic rings. The molecular weight excluding hydrogens is 224 g/mol. The minimum atomic E-state index is 0.358. The van der Waals surface area contributed by atoms with Crippen LogP contribution in [0.2, 0.25) is 0 Å². The molecular formula is C15H24N2O.